The van der Waals surface area contributed by atoms with Gasteiger partial charge in [-0.15, -0.1) is 11.3 Å². The highest BCUT2D eigenvalue weighted by Crippen LogP contribution is 2.44. The predicted octanol–water partition coefficient (Wildman–Crippen LogP) is 8.30. The number of benzene rings is 5. The van der Waals surface area contributed by atoms with Gasteiger partial charge < -0.3 is 4.57 Å². The number of thiophene rings is 1. The Kier molecular flexibility index (Phi) is 3.21. The third-order valence-corrected chi connectivity index (χ3v) is 7.15. The molecule has 0 amide bonds. The minimum absolute atomic E-state index is 1.21. The van der Waals surface area contributed by atoms with Crippen molar-refractivity contribution in [2.45, 2.75) is 0 Å². The van der Waals surface area contributed by atoms with Crippen LogP contribution < -0.4 is 0 Å². The second-order valence-corrected chi connectivity index (χ2v) is 8.73. The van der Waals surface area contributed by atoms with Gasteiger partial charge in [0.25, 0.3) is 0 Å². The molecule has 0 saturated carbocycles. The number of rotatable bonds is 1. The number of fused-ring (bicyclic) bond motifs is 9. The highest BCUT2D eigenvalue weighted by Gasteiger charge is 2.19. The van der Waals surface area contributed by atoms with Crippen LogP contribution in [0, 0.1) is 0 Å². The Balaban J connectivity index is 1.77. The van der Waals surface area contributed by atoms with E-state index in [9.17, 15) is 0 Å². The summed E-state index contributed by atoms with van der Waals surface area (Å²) in [6.07, 6.45) is 0. The van der Waals surface area contributed by atoms with Gasteiger partial charge >= 0.3 is 0 Å². The van der Waals surface area contributed by atoms with Crippen LogP contribution >= 0.6 is 11.3 Å². The van der Waals surface area contributed by atoms with Crippen molar-refractivity contribution in [3.8, 4) is 5.69 Å². The Bertz CT molecular complexity index is 1750. The lowest BCUT2D eigenvalue weighted by atomic mass is 10.0. The molecule has 0 unspecified atom stereocenters. The predicted molar refractivity (Wildman–Crippen MR) is 131 cm³/mol. The zero-order valence-electron chi connectivity index (χ0n) is 16.2. The molecule has 0 fully saturated rings. The van der Waals surface area contributed by atoms with Crippen LogP contribution in [-0.2, 0) is 0 Å². The minimum atomic E-state index is 1.21. The molecule has 0 atom stereocenters. The quantitative estimate of drug-likeness (QED) is 0.262. The maximum absolute atomic E-state index is 2.46. The highest BCUT2D eigenvalue weighted by atomic mass is 32.1. The molecule has 0 aliphatic carbocycles. The van der Waals surface area contributed by atoms with Crippen molar-refractivity contribution in [1.82, 2.24) is 4.57 Å². The summed E-state index contributed by atoms with van der Waals surface area (Å²) in [5.74, 6) is 0. The van der Waals surface area contributed by atoms with Crippen LogP contribution in [0.2, 0.25) is 0 Å². The van der Waals surface area contributed by atoms with Crippen LogP contribution in [0.5, 0.6) is 0 Å². The lowest BCUT2D eigenvalue weighted by molar-refractivity contribution is 1.19. The lowest BCUT2D eigenvalue weighted by Crippen LogP contribution is -1.94. The van der Waals surface area contributed by atoms with Crippen LogP contribution in [0.4, 0.5) is 0 Å². The fourth-order valence-corrected chi connectivity index (χ4v) is 5.90. The molecule has 0 aliphatic rings. The second-order valence-electron chi connectivity index (χ2n) is 7.82. The molecular weight excluding hydrogens is 382 g/mol. The Morgan fingerprint density at radius 3 is 2.20 bits per heavy atom. The number of para-hydroxylation sites is 1. The van der Waals surface area contributed by atoms with E-state index in [0.717, 1.165) is 0 Å². The van der Waals surface area contributed by atoms with E-state index in [1.807, 2.05) is 11.3 Å². The molecule has 2 heterocycles. The highest BCUT2D eigenvalue weighted by molar-refractivity contribution is 7.18. The van der Waals surface area contributed by atoms with E-state index in [-0.39, 0.29) is 0 Å². The van der Waals surface area contributed by atoms with Crippen LogP contribution in [0.3, 0.4) is 0 Å². The molecule has 5 aromatic carbocycles. The molecule has 2 aromatic heterocycles. The van der Waals surface area contributed by atoms with Crippen molar-refractivity contribution >= 4 is 64.8 Å². The van der Waals surface area contributed by atoms with Crippen molar-refractivity contribution in [1.29, 1.82) is 0 Å². The Hall–Kier alpha value is -3.62. The summed E-state index contributed by atoms with van der Waals surface area (Å²) in [4.78, 5) is 0. The van der Waals surface area contributed by atoms with Crippen molar-refractivity contribution in [3.05, 3.63) is 102 Å². The van der Waals surface area contributed by atoms with Gasteiger partial charge in [-0.25, -0.2) is 0 Å². The SMILES string of the molecule is c1ccc2cc(-n3c4ccccc4c4c5ccccc5c5ccsc5c43)ccc2c1. The van der Waals surface area contributed by atoms with E-state index < -0.39 is 0 Å². The largest absolute Gasteiger partial charge is 0.308 e. The summed E-state index contributed by atoms with van der Waals surface area (Å²) in [7, 11) is 0. The summed E-state index contributed by atoms with van der Waals surface area (Å²) in [5.41, 5.74) is 3.79. The second kappa shape index (κ2) is 5.94. The van der Waals surface area contributed by atoms with E-state index in [2.05, 4.69) is 107 Å². The Morgan fingerprint density at radius 1 is 0.567 bits per heavy atom. The standard InChI is InChI=1S/C28H17NS/c1-2-8-19-17-20(14-13-18(19)7-1)29-25-12-6-5-11-24(25)26-22-10-4-3-9-21(22)23-15-16-30-28(23)27(26)29/h1-17H. The van der Waals surface area contributed by atoms with Gasteiger partial charge in [-0.05, 0) is 51.2 Å². The Morgan fingerprint density at radius 2 is 1.30 bits per heavy atom. The van der Waals surface area contributed by atoms with Crippen molar-refractivity contribution < 1.29 is 0 Å². The summed E-state index contributed by atoms with van der Waals surface area (Å²) >= 11 is 1.84. The van der Waals surface area contributed by atoms with Crippen LogP contribution in [0.1, 0.15) is 0 Å². The maximum Gasteiger partial charge on any atom is 0.0725 e. The molecule has 0 aliphatic heterocycles. The number of nitrogens with zero attached hydrogens (tertiary/aromatic N) is 1. The molecule has 0 bridgehead atoms. The number of aromatic nitrogens is 1. The van der Waals surface area contributed by atoms with Gasteiger partial charge in [-0.3, -0.25) is 0 Å². The zero-order chi connectivity index (χ0) is 19.7. The normalized spacial score (nSPS) is 12.0. The summed E-state index contributed by atoms with van der Waals surface area (Å²) in [6, 6.07) is 35.3. The summed E-state index contributed by atoms with van der Waals surface area (Å²) in [5, 5.41) is 11.4. The van der Waals surface area contributed by atoms with E-state index >= 15 is 0 Å². The summed E-state index contributed by atoms with van der Waals surface area (Å²) < 4.78 is 3.82. The van der Waals surface area contributed by atoms with Crippen molar-refractivity contribution in [3.63, 3.8) is 0 Å². The minimum Gasteiger partial charge on any atom is -0.308 e. The van der Waals surface area contributed by atoms with E-state index in [4.69, 9.17) is 0 Å². The maximum atomic E-state index is 2.46. The molecule has 0 spiro atoms. The van der Waals surface area contributed by atoms with Gasteiger partial charge in [0.2, 0.25) is 0 Å². The smallest absolute Gasteiger partial charge is 0.0725 e. The van der Waals surface area contributed by atoms with Crippen molar-refractivity contribution in [2.24, 2.45) is 0 Å². The molecular formula is C28H17NS. The molecule has 0 saturated heterocycles. The first-order chi connectivity index (χ1) is 14.9. The molecule has 2 heteroatoms. The topological polar surface area (TPSA) is 4.93 Å². The van der Waals surface area contributed by atoms with Crippen molar-refractivity contribution in [2.75, 3.05) is 0 Å². The average Bonchev–Trinajstić information content (AvgIpc) is 3.42. The van der Waals surface area contributed by atoms with E-state index in [0.29, 0.717) is 0 Å². The van der Waals surface area contributed by atoms with Gasteiger partial charge in [0.05, 0.1) is 15.7 Å². The first-order valence-electron chi connectivity index (χ1n) is 10.2. The van der Waals surface area contributed by atoms with Crippen LogP contribution in [-0.4, -0.2) is 4.57 Å². The van der Waals surface area contributed by atoms with Gasteiger partial charge in [-0.1, -0.05) is 72.8 Å². The lowest BCUT2D eigenvalue weighted by Gasteiger charge is -2.11. The van der Waals surface area contributed by atoms with Crippen LogP contribution in [0.15, 0.2) is 102 Å². The van der Waals surface area contributed by atoms with Crippen LogP contribution in [0.25, 0.3) is 59.1 Å². The number of hydrogen-bond acceptors (Lipinski definition) is 1. The third-order valence-electron chi connectivity index (χ3n) is 6.23. The van der Waals surface area contributed by atoms with E-state index in [1.165, 1.54) is 59.1 Å². The molecule has 7 aromatic rings. The fraction of sp³-hybridized carbons (Fsp3) is 0. The summed E-state index contributed by atoms with van der Waals surface area (Å²) in [6.45, 7) is 0. The molecule has 0 N–H and O–H groups in total. The zero-order valence-corrected chi connectivity index (χ0v) is 17.0. The van der Waals surface area contributed by atoms with Gasteiger partial charge in [-0.2, -0.15) is 0 Å². The fourth-order valence-electron chi connectivity index (χ4n) is 4.95. The number of hydrogen-bond donors (Lipinski definition) is 0. The first kappa shape index (κ1) is 16.2. The third kappa shape index (κ3) is 2.06. The molecule has 140 valence electrons. The molecule has 30 heavy (non-hydrogen) atoms. The molecule has 7 rings (SSSR count). The Labute approximate surface area is 177 Å². The molecule has 0 radical (unpaired) electrons. The average molecular weight is 400 g/mol. The monoisotopic (exact) mass is 399 g/mol. The van der Waals surface area contributed by atoms with Gasteiger partial charge in [0, 0.05) is 21.8 Å². The van der Waals surface area contributed by atoms with Gasteiger partial charge in [0.1, 0.15) is 0 Å². The van der Waals surface area contributed by atoms with Gasteiger partial charge in [0.15, 0.2) is 0 Å². The first-order valence-corrected chi connectivity index (χ1v) is 11.1. The van der Waals surface area contributed by atoms with E-state index in [1.54, 1.807) is 0 Å². The molecule has 1 nitrogen and oxygen atoms in total.